The van der Waals surface area contributed by atoms with E-state index in [0.29, 0.717) is 18.4 Å². The van der Waals surface area contributed by atoms with Crippen molar-refractivity contribution in [1.82, 2.24) is 4.90 Å². The molecule has 1 fully saturated rings. The molecule has 1 aliphatic heterocycles. The van der Waals surface area contributed by atoms with E-state index >= 15 is 0 Å². The fourth-order valence-corrected chi connectivity index (χ4v) is 3.23. The number of rotatable bonds is 5. The number of Topliss-reactive ketones (excluding diaryl/α,β-unsaturated/α-hetero) is 1. The number of ketones is 1. The molecule has 2 unspecified atom stereocenters. The molecule has 0 bridgehead atoms. The number of carbonyl (C=O) groups is 2. The molecule has 1 aromatic rings. The summed E-state index contributed by atoms with van der Waals surface area (Å²) >= 11 is 0. The number of likely N-dealkylation sites (tertiary alicyclic amines) is 1. The Kier molecular flexibility index (Phi) is 6.37. The summed E-state index contributed by atoms with van der Waals surface area (Å²) in [5, 5.41) is 0. The summed E-state index contributed by atoms with van der Waals surface area (Å²) in [5.74, 6) is -1.66. The molecular formula is C20H27F2NO3. The Balaban J connectivity index is 2.24. The van der Waals surface area contributed by atoms with Crippen molar-refractivity contribution in [3.63, 3.8) is 0 Å². The minimum atomic E-state index is -0.683. The number of hydrogen-bond donors (Lipinski definition) is 0. The zero-order valence-corrected chi connectivity index (χ0v) is 15.9. The fourth-order valence-electron chi connectivity index (χ4n) is 3.23. The monoisotopic (exact) mass is 367 g/mol. The van der Waals surface area contributed by atoms with Crippen molar-refractivity contribution >= 4 is 11.9 Å². The van der Waals surface area contributed by atoms with Gasteiger partial charge in [-0.1, -0.05) is 13.3 Å². The van der Waals surface area contributed by atoms with Crippen LogP contribution in [0.15, 0.2) is 18.2 Å². The first kappa shape index (κ1) is 20.3. The van der Waals surface area contributed by atoms with Gasteiger partial charge in [0, 0.05) is 24.9 Å². The van der Waals surface area contributed by atoms with Gasteiger partial charge in [0.05, 0.1) is 6.04 Å². The van der Waals surface area contributed by atoms with E-state index in [9.17, 15) is 18.4 Å². The van der Waals surface area contributed by atoms with Gasteiger partial charge in [-0.3, -0.25) is 9.69 Å². The highest BCUT2D eigenvalue weighted by Crippen LogP contribution is 2.34. The molecule has 26 heavy (non-hydrogen) atoms. The van der Waals surface area contributed by atoms with E-state index in [1.54, 1.807) is 20.8 Å². The Morgan fingerprint density at radius 3 is 2.35 bits per heavy atom. The molecule has 6 heteroatoms. The van der Waals surface area contributed by atoms with E-state index in [1.807, 2.05) is 6.92 Å². The molecule has 0 spiro atoms. The zero-order chi connectivity index (χ0) is 19.5. The second-order valence-corrected chi connectivity index (χ2v) is 7.85. The number of amides is 1. The first-order valence-electron chi connectivity index (χ1n) is 9.09. The first-order valence-corrected chi connectivity index (χ1v) is 9.09. The lowest BCUT2D eigenvalue weighted by Crippen LogP contribution is -2.43. The van der Waals surface area contributed by atoms with Crippen LogP contribution in [-0.2, 0) is 9.53 Å². The molecule has 2 rings (SSSR count). The van der Waals surface area contributed by atoms with Gasteiger partial charge in [0.15, 0.2) is 5.78 Å². The summed E-state index contributed by atoms with van der Waals surface area (Å²) in [6.07, 6.45) is 1.79. The molecule has 2 atom stereocenters. The first-order chi connectivity index (χ1) is 12.1. The number of carbonyl (C=O) groups excluding carboxylic acids is 2. The average Bonchev–Trinajstić information content (AvgIpc) is 2.95. The number of hydrogen-bond acceptors (Lipinski definition) is 3. The van der Waals surface area contributed by atoms with Crippen LogP contribution in [0.5, 0.6) is 0 Å². The van der Waals surface area contributed by atoms with Crippen molar-refractivity contribution in [3.8, 4) is 0 Å². The number of ether oxygens (including phenoxy) is 1. The summed E-state index contributed by atoms with van der Waals surface area (Å²) in [6.45, 7) is 7.48. The summed E-state index contributed by atoms with van der Waals surface area (Å²) < 4.78 is 32.6. The molecular weight excluding hydrogens is 340 g/mol. The molecule has 1 aliphatic rings. The average molecular weight is 367 g/mol. The Morgan fingerprint density at radius 1 is 1.19 bits per heavy atom. The normalized spacial score (nSPS) is 20.3. The third kappa shape index (κ3) is 5.26. The van der Waals surface area contributed by atoms with Crippen LogP contribution in [0.25, 0.3) is 0 Å². The lowest BCUT2D eigenvalue weighted by Gasteiger charge is -2.28. The van der Waals surface area contributed by atoms with Crippen LogP contribution < -0.4 is 0 Å². The SMILES string of the molecule is CCCCC(=O)C1CC(c2cc(F)cc(F)c2)CN1C(=O)OC(C)(C)C. The molecule has 1 saturated heterocycles. The minimum Gasteiger partial charge on any atom is -0.444 e. The van der Waals surface area contributed by atoms with Gasteiger partial charge in [-0.2, -0.15) is 0 Å². The van der Waals surface area contributed by atoms with Crippen LogP contribution in [0.3, 0.4) is 0 Å². The van der Waals surface area contributed by atoms with Crippen LogP contribution in [0.4, 0.5) is 13.6 Å². The maximum absolute atomic E-state index is 13.6. The molecule has 0 aliphatic carbocycles. The van der Waals surface area contributed by atoms with Crippen molar-refractivity contribution in [3.05, 3.63) is 35.4 Å². The van der Waals surface area contributed by atoms with E-state index in [0.717, 1.165) is 18.9 Å². The Morgan fingerprint density at radius 2 is 1.81 bits per heavy atom. The Labute approximate surface area is 153 Å². The van der Waals surface area contributed by atoms with Gasteiger partial charge >= 0.3 is 6.09 Å². The topological polar surface area (TPSA) is 46.6 Å². The number of benzene rings is 1. The van der Waals surface area contributed by atoms with E-state index in [-0.39, 0.29) is 18.2 Å². The van der Waals surface area contributed by atoms with Gasteiger partial charge in [-0.25, -0.2) is 13.6 Å². The number of halogens is 2. The Hall–Kier alpha value is -1.98. The predicted molar refractivity (Wildman–Crippen MR) is 95.0 cm³/mol. The second kappa shape index (κ2) is 8.14. The van der Waals surface area contributed by atoms with Crippen molar-refractivity contribution in [1.29, 1.82) is 0 Å². The summed E-state index contributed by atoms with van der Waals surface area (Å²) in [7, 11) is 0. The van der Waals surface area contributed by atoms with Gasteiger partial charge in [0.1, 0.15) is 17.2 Å². The largest absolute Gasteiger partial charge is 0.444 e. The standard InChI is InChI=1S/C20H27F2NO3/c1-5-6-7-18(24)17-10-14(13-8-15(21)11-16(22)9-13)12-23(17)19(25)26-20(2,3)4/h8-9,11,14,17H,5-7,10,12H2,1-4H3. The lowest BCUT2D eigenvalue weighted by molar-refractivity contribution is -0.123. The molecule has 0 radical (unpaired) electrons. The van der Waals surface area contributed by atoms with E-state index in [1.165, 1.54) is 17.0 Å². The molecule has 144 valence electrons. The summed E-state index contributed by atoms with van der Waals surface area (Å²) in [4.78, 5) is 26.6. The number of nitrogens with zero attached hydrogens (tertiary/aromatic N) is 1. The van der Waals surface area contributed by atoms with Crippen molar-refractivity contribution in [2.45, 2.75) is 70.9 Å². The highest BCUT2D eigenvalue weighted by atomic mass is 19.1. The van der Waals surface area contributed by atoms with Crippen LogP contribution in [0, 0.1) is 11.6 Å². The van der Waals surface area contributed by atoms with Crippen LogP contribution in [-0.4, -0.2) is 35.0 Å². The molecule has 1 heterocycles. The van der Waals surface area contributed by atoms with Gasteiger partial charge in [-0.05, 0) is 51.3 Å². The Bertz CT molecular complexity index is 649. The summed E-state index contributed by atoms with van der Waals surface area (Å²) in [6, 6.07) is 2.72. The van der Waals surface area contributed by atoms with Gasteiger partial charge in [-0.15, -0.1) is 0 Å². The minimum absolute atomic E-state index is 0.0305. The fraction of sp³-hybridized carbons (Fsp3) is 0.600. The maximum Gasteiger partial charge on any atom is 0.410 e. The molecule has 4 nitrogen and oxygen atoms in total. The van der Waals surface area contributed by atoms with Crippen molar-refractivity contribution in [2.75, 3.05) is 6.54 Å². The van der Waals surface area contributed by atoms with Gasteiger partial charge in [0.25, 0.3) is 0 Å². The molecule has 0 N–H and O–H groups in total. The zero-order valence-electron chi connectivity index (χ0n) is 15.9. The van der Waals surface area contributed by atoms with E-state index in [4.69, 9.17) is 4.74 Å². The molecule has 0 saturated carbocycles. The van der Waals surface area contributed by atoms with Crippen molar-refractivity contribution < 1.29 is 23.1 Å². The quantitative estimate of drug-likeness (QED) is 0.750. The smallest absolute Gasteiger partial charge is 0.410 e. The number of unbranched alkanes of at least 4 members (excludes halogenated alkanes) is 1. The molecule has 0 aromatic heterocycles. The predicted octanol–water partition coefficient (Wildman–Crippen LogP) is 4.82. The third-order valence-corrected chi connectivity index (χ3v) is 4.43. The molecule has 1 amide bonds. The third-order valence-electron chi connectivity index (χ3n) is 4.43. The lowest BCUT2D eigenvalue weighted by atomic mass is 9.94. The summed E-state index contributed by atoms with van der Waals surface area (Å²) in [5.41, 5.74) is -0.223. The molecule has 1 aromatic carbocycles. The highest BCUT2D eigenvalue weighted by molar-refractivity contribution is 5.88. The van der Waals surface area contributed by atoms with Crippen LogP contribution >= 0.6 is 0 Å². The van der Waals surface area contributed by atoms with Crippen LogP contribution in [0.2, 0.25) is 0 Å². The highest BCUT2D eigenvalue weighted by Gasteiger charge is 2.41. The van der Waals surface area contributed by atoms with Gasteiger partial charge in [0.2, 0.25) is 0 Å². The van der Waals surface area contributed by atoms with Crippen molar-refractivity contribution in [2.24, 2.45) is 0 Å². The maximum atomic E-state index is 13.6. The van der Waals surface area contributed by atoms with Gasteiger partial charge < -0.3 is 4.74 Å². The van der Waals surface area contributed by atoms with E-state index in [2.05, 4.69) is 0 Å². The van der Waals surface area contributed by atoms with Crippen LogP contribution in [0.1, 0.15) is 64.9 Å². The second-order valence-electron chi connectivity index (χ2n) is 7.85. The van der Waals surface area contributed by atoms with E-state index < -0.39 is 29.4 Å².